The SMILES string of the molecule is CC/C=C\C/C=C\C/C=C\C/C=C\C/C=C\C/C=C\CCCCCCCCCCC(=O)OC(/C=C\CCCCCCCCCCCCC)C(COP(=O)([O-])OCC[N+](C)(C)C)NC(=O)CCCCCC/C=C/C/C=C/C/C=C/CC. The second-order valence-corrected chi connectivity index (χ2v) is 23.9. The molecule has 0 aromatic rings. The third kappa shape index (κ3) is 59.0. The molecule has 1 amide bonds. The number of ether oxygens (including phenoxy) is 1. The largest absolute Gasteiger partial charge is 0.756 e. The maximum atomic E-state index is 13.5. The number of nitrogens with one attached hydrogen (secondary N) is 1. The summed E-state index contributed by atoms with van der Waals surface area (Å²) in [4.78, 5) is 40.0. The Morgan fingerprint density at radius 1 is 0.450 bits per heavy atom. The van der Waals surface area contributed by atoms with Gasteiger partial charge in [0.05, 0.1) is 33.8 Å². The van der Waals surface area contributed by atoms with Gasteiger partial charge in [-0.15, -0.1) is 0 Å². The van der Waals surface area contributed by atoms with E-state index >= 15 is 0 Å². The van der Waals surface area contributed by atoms with E-state index in [1.165, 1.54) is 83.5 Å². The standard InChI is InChI=1S/C70H121N2O7P/c1-7-10-13-16-19-22-25-28-30-31-32-33-34-35-36-37-38-39-40-41-42-45-48-51-54-57-60-63-70(74)79-68(61-58-55-52-49-46-43-27-24-21-18-15-12-9-3)67(66-78-80(75,76)77-65-64-72(4,5)6)71-69(73)62-59-56-53-50-47-44-29-26-23-20-17-14-11-8-2/h10-11,13-14,19-20,22-23,28-30,32-33,35-36,38-39,44,58,61,67-68H,7-9,12,15-18,21,24-27,31,34,37,40-43,45-57,59-60,62-66H2,1-6H3,(H-,71,73,75,76)/b13-10-,14-11+,22-19-,23-20+,30-28-,33-32-,36-35-,39-38-,44-29+,61-58-. The molecule has 0 heterocycles. The Labute approximate surface area is 493 Å². The van der Waals surface area contributed by atoms with Crippen LogP contribution in [0.2, 0.25) is 0 Å². The van der Waals surface area contributed by atoms with Crippen molar-refractivity contribution >= 4 is 19.7 Å². The summed E-state index contributed by atoms with van der Waals surface area (Å²) in [6.07, 6.45) is 81.7. The fraction of sp³-hybridized carbons (Fsp3) is 0.686. The lowest BCUT2D eigenvalue weighted by atomic mass is 10.0. The van der Waals surface area contributed by atoms with E-state index in [1.807, 2.05) is 33.3 Å². The summed E-state index contributed by atoms with van der Waals surface area (Å²) in [5.41, 5.74) is 0. The Balaban J connectivity index is 5.18. The van der Waals surface area contributed by atoms with Gasteiger partial charge in [0.1, 0.15) is 19.3 Å². The first kappa shape index (κ1) is 76.4. The number of hydrogen-bond donors (Lipinski definition) is 1. The van der Waals surface area contributed by atoms with Gasteiger partial charge in [0, 0.05) is 12.8 Å². The molecule has 80 heavy (non-hydrogen) atoms. The minimum Gasteiger partial charge on any atom is -0.756 e. The quantitative estimate of drug-likeness (QED) is 0.0212. The summed E-state index contributed by atoms with van der Waals surface area (Å²) in [5.74, 6) is -0.582. The Kier molecular flexibility index (Phi) is 56.0. The molecule has 0 spiro atoms. The highest BCUT2D eigenvalue weighted by Gasteiger charge is 2.27. The lowest BCUT2D eigenvalue weighted by Gasteiger charge is -2.30. The molecule has 0 fully saturated rings. The number of phosphoric ester groups is 1. The summed E-state index contributed by atoms with van der Waals surface area (Å²) in [7, 11) is 1.15. The minimum atomic E-state index is -4.72. The molecule has 0 aromatic carbocycles. The van der Waals surface area contributed by atoms with Crippen molar-refractivity contribution in [2.24, 2.45) is 0 Å². The highest BCUT2D eigenvalue weighted by atomic mass is 31.2. The van der Waals surface area contributed by atoms with Crippen LogP contribution < -0.4 is 10.2 Å². The number of amides is 1. The molecule has 0 aliphatic carbocycles. The van der Waals surface area contributed by atoms with Gasteiger partial charge in [-0.1, -0.05) is 252 Å². The summed E-state index contributed by atoms with van der Waals surface area (Å²) in [6.45, 7) is 6.58. The highest BCUT2D eigenvalue weighted by Crippen LogP contribution is 2.38. The van der Waals surface area contributed by atoms with Gasteiger partial charge in [0.15, 0.2) is 0 Å². The number of carbonyl (C=O) groups is 2. The average molecular weight is 1130 g/mol. The molecule has 0 aliphatic heterocycles. The van der Waals surface area contributed by atoms with Gasteiger partial charge in [-0.05, 0) is 115 Å². The molecular formula is C70H121N2O7P. The van der Waals surface area contributed by atoms with E-state index in [4.69, 9.17) is 13.8 Å². The number of phosphoric acid groups is 1. The Hall–Kier alpha value is -3.59. The third-order valence-electron chi connectivity index (χ3n) is 13.6. The number of nitrogens with zero attached hydrogens (tertiary/aromatic N) is 1. The van der Waals surface area contributed by atoms with Gasteiger partial charge < -0.3 is 28.5 Å². The zero-order chi connectivity index (χ0) is 58.6. The lowest BCUT2D eigenvalue weighted by Crippen LogP contribution is -2.47. The Morgan fingerprint density at radius 2 is 0.800 bits per heavy atom. The first-order valence-electron chi connectivity index (χ1n) is 32.3. The van der Waals surface area contributed by atoms with Crippen molar-refractivity contribution in [2.45, 2.75) is 270 Å². The van der Waals surface area contributed by atoms with E-state index in [1.54, 1.807) is 0 Å². The second kappa shape index (κ2) is 58.6. The molecule has 0 aliphatic rings. The fourth-order valence-electron chi connectivity index (χ4n) is 8.72. The summed E-state index contributed by atoms with van der Waals surface area (Å²) in [5, 5.41) is 3.01. The fourth-order valence-corrected chi connectivity index (χ4v) is 9.44. The zero-order valence-corrected chi connectivity index (χ0v) is 53.1. The van der Waals surface area contributed by atoms with Crippen LogP contribution in [0.3, 0.4) is 0 Å². The molecule has 3 unspecified atom stereocenters. The lowest BCUT2D eigenvalue weighted by molar-refractivity contribution is -0.870. The first-order chi connectivity index (χ1) is 38.9. The van der Waals surface area contributed by atoms with E-state index in [0.717, 1.165) is 128 Å². The highest BCUT2D eigenvalue weighted by molar-refractivity contribution is 7.45. The predicted octanol–water partition coefficient (Wildman–Crippen LogP) is 19.6. The van der Waals surface area contributed by atoms with Gasteiger partial charge in [0.25, 0.3) is 7.82 Å². The number of quaternary nitrogens is 1. The number of esters is 1. The maximum absolute atomic E-state index is 13.5. The smallest absolute Gasteiger partial charge is 0.306 e. The van der Waals surface area contributed by atoms with E-state index in [0.29, 0.717) is 23.9 Å². The first-order valence-corrected chi connectivity index (χ1v) is 33.8. The minimum absolute atomic E-state index is 0.0343. The van der Waals surface area contributed by atoms with Crippen LogP contribution in [0, 0.1) is 0 Å². The van der Waals surface area contributed by atoms with Gasteiger partial charge in [0.2, 0.25) is 5.91 Å². The molecule has 9 nitrogen and oxygen atoms in total. The van der Waals surface area contributed by atoms with E-state index in [-0.39, 0.29) is 31.3 Å². The van der Waals surface area contributed by atoms with Gasteiger partial charge in [-0.25, -0.2) is 0 Å². The molecule has 0 saturated heterocycles. The van der Waals surface area contributed by atoms with Crippen LogP contribution >= 0.6 is 7.82 Å². The van der Waals surface area contributed by atoms with Crippen molar-refractivity contribution < 1.29 is 37.3 Å². The number of likely N-dealkylation sites (N-methyl/N-ethyl adjacent to an activating group) is 1. The summed E-state index contributed by atoms with van der Waals surface area (Å²) < 4.78 is 30.3. The number of hydrogen-bond acceptors (Lipinski definition) is 7. The second-order valence-electron chi connectivity index (χ2n) is 22.5. The van der Waals surface area contributed by atoms with Gasteiger partial charge in [-0.2, -0.15) is 0 Å². The number of allylic oxidation sites excluding steroid dienone is 19. The van der Waals surface area contributed by atoms with Crippen molar-refractivity contribution in [1.29, 1.82) is 0 Å². The van der Waals surface area contributed by atoms with Crippen LogP contribution in [0.25, 0.3) is 0 Å². The van der Waals surface area contributed by atoms with E-state index in [2.05, 4.69) is 135 Å². The predicted molar refractivity (Wildman–Crippen MR) is 343 cm³/mol. The van der Waals surface area contributed by atoms with Crippen molar-refractivity contribution in [3.8, 4) is 0 Å². The van der Waals surface area contributed by atoms with Gasteiger partial charge >= 0.3 is 5.97 Å². The van der Waals surface area contributed by atoms with Crippen LogP contribution in [0.5, 0.6) is 0 Å². The maximum Gasteiger partial charge on any atom is 0.306 e. The van der Waals surface area contributed by atoms with Crippen molar-refractivity contribution in [1.82, 2.24) is 5.32 Å². The Bertz CT molecular complexity index is 1780. The van der Waals surface area contributed by atoms with E-state index in [9.17, 15) is 19.0 Å². The van der Waals surface area contributed by atoms with Crippen molar-refractivity contribution in [2.75, 3.05) is 40.9 Å². The molecule has 3 atom stereocenters. The molecule has 10 heteroatoms. The van der Waals surface area contributed by atoms with Crippen LogP contribution in [0.4, 0.5) is 0 Å². The van der Waals surface area contributed by atoms with Crippen LogP contribution in [0.1, 0.15) is 258 Å². The monoisotopic (exact) mass is 1130 g/mol. The summed E-state index contributed by atoms with van der Waals surface area (Å²) in [6, 6.07) is -0.912. The zero-order valence-electron chi connectivity index (χ0n) is 52.2. The summed E-state index contributed by atoms with van der Waals surface area (Å²) >= 11 is 0. The normalized spacial score (nSPS) is 14.4. The average Bonchev–Trinajstić information content (AvgIpc) is 3.42. The number of carbonyl (C=O) groups excluding carboxylic acids is 2. The Morgan fingerprint density at radius 3 is 1.20 bits per heavy atom. The van der Waals surface area contributed by atoms with Crippen LogP contribution in [-0.2, 0) is 27.9 Å². The molecule has 0 bridgehead atoms. The molecule has 0 radical (unpaired) electrons. The number of rotatable bonds is 57. The van der Waals surface area contributed by atoms with Gasteiger partial charge in [-0.3, -0.25) is 14.2 Å². The molecule has 458 valence electrons. The van der Waals surface area contributed by atoms with E-state index < -0.39 is 26.6 Å². The third-order valence-corrected chi connectivity index (χ3v) is 14.6. The molecule has 0 saturated carbocycles. The van der Waals surface area contributed by atoms with Crippen molar-refractivity contribution in [3.63, 3.8) is 0 Å². The molecule has 0 rings (SSSR count). The molecule has 1 N–H and O–H groups in total. The molecular weight excluding hydrogens is 1010 g/mol. The topological polar surface area (TPSA) is 114 Å². The van der Waals surface area contributed by atoms with Crippen LogP contribution in [-0.4, -0.2) is 69.4 Å². The van der Waals surface area contributed by atoms with Crippen molar-refractivity contribution in [3.05, 3.63) is 122 Å². The van der Waals surface area contributed by atoms with Crippen LogP contribution in [0.15, 0.2) is 122 Å². The molecule has 0 aromatic heterocycles. The number of unbranched alkanes of at least 4 members (excludes halogenated alkanes) is 23.